The summed E-state index contributed by atoms with van der Waals surface area (Å²) < 4.78 is 16.0. The largest absolute Gasteiger partial charge is 0.493 e. The van der Waals surface area contributed by atoms with E-state index in [1.807, 2.05) is 7.05 Å². The number of rotatable bonds is 5. The summed E-state index contributed by atoms with van der Waals surface area (Å²) in [6, 6.07) is 7.12. The Hall–Kier alpha value is -3.49. The van der Waals surface area contributed by atoms with Crippen molar-refractivity contribution < 1.29 is 18.7 Å². The Bertz CT molecular complexity index is 1050. The Morgan fingerprint density at radius 2 is 1.90 bits per heavy atom. The number of aromatic nitrogens is 2. The molecular formula is C21H25N5O4. The summed E-state index contributed by atoms with van der Waals surface area (Å²) in [6.07, 6.45) is 3.11. The number of piperidine rings is 1. The third-order valence-corrected chi connectivity index (χ3v) is 5.57. The van der Waals surface area contributed by atoms with E-state index >= 15 is 0 Å². The highest BCUT2D eigenvalue weighted by Crippen LogP contribution is 2.34. The van der Waals surface area contributed by atoms with Crippen molar-refractivity contribution in [1.29, 1.82) is 0 Å². The fourth-order valence-corrected chi connectivity index (χ4v) is 3.80. The molecule has 2 aromatic heterocycles. The van der Waals surface area contributed by atoms with Crippen LogP contribution < -0.4 is 20.1 Å². The summed E-state index contributed by atoms with van der Waals surface area (Å²) in [6.45, 7) is 1.44. The number of nitrogens with two attached hydrogens (primary N) is 1. The van der Waals surface area contributed by atoms with E-state index in [-0.39, 0.29) is 11.9 Å². The number of hydrogen-bond acceptors (Lipinski definition) is 8. The molecule has 9 heteroatoms. The van der Waals surface area contributed by atoms with Gasteiger partial charge in [-0.15, -0.1) is 0 Å². The zero-order chi connectivity index (χ0) is 21.3. The third kappa shape index (κ3) is 3.58. The minimum atomic E-state index is -0.106. The van der Waals surface area contributed by atoms with Gasteiger partial charge in [0.15, 0.2) is 17.3 Å². The second-order valence-corrected chi connectivity index (χ2v) is 7.24. The molecular weight excluding hydrogens is 386 g/mol. The molecule has 1 saturated heterocycles. The maximum absolute atomic E-state index is 12.5. The predicted molar refractivity (Wildman–Crippen MR) is 113 cm³/mol. The molecule has 0 saturated carbocycles. The van der Waals surface area contributed by atoms with Crippen LogP contribution in [0.25, 0.3) is 10.9 Å². The molecule has 0 bridgehead atoms. The second-order valence-electron chi connectivity index (χ2n) is 7.24. The van der Waals surface area contributed by atoms with Gasteiger partial charge in [-0.1, -0.05) is 0 Å². The fraction of sp³-hybridized carbons (Fsp3) is 0.381. The van der Waals surface area contributed by atoms with Crippen LogP contribution in [0.4, 0.5) is 11.8 Å². The van der Waals surface area contributed by atoms with Gasteiger partial charge in [-0.05, 0) is 31.0 Å². The predicted octanol–water partition coefficient (Wildman–Crippen LogP) is 2.56. The number of furan rings is 1. The molecule has 0 radical (unpaired) electrons. The lowest BCUT2D eigenvalue weighted by Gasteiger charge is -2.36. The number of ether oxygens (including phenoxy) is 2. The number of hydrogen-bond donors (Lipinski definition) is 1. The van der Waals surface area contributed by atoms with Gasteiger partial charge in [-0.2, -0.15) is 4.98 Å². The zero-order valence-electron chi connectivity index (χ0n) is 17.3. The minimum Gasteiger partial charge on any atom is -0.493 e. The number of benzene rings is 1. The van der Waals surface area contributed by atoms with Crippen molar-refractivity contribution in [2.75, 3.05) is 45.0 Å². The van der Waals surface area contributed by atoms with Crippen LogP contribution in [-0.2, 0) is 0 Å². The maximum Gasteiger partial charge on any atom is 0.289 e. The highest BCUT2D eigenvalue weighted by atomic mass is 16.5. The van der Waals surface area contributed by atoms with Crippen LogP contribution in [0.2, 0.25) is 0 Å². The van der Waals surface area contributed by atoms with Gasteiger partial charge in [0, 0.05) is 37.6 Å². The normalized spacial score (nSPS) is 14.7. The minimum absolute atomic E-state index is 0.106. The van der Waals surface area contributed by atoms with E-state index in [1.165, 1.54) is 6.26 Å². The first-order chi connectivity index (χ1) is 14.5. The number of anilines is 2. The molecule has 0 atom stereocenters. The van der Waals surface area contributed by atoms with Crippen molar-refractivity contribution in [3.05, 3.63) is 36.3 Å². The molecule has 0 aliphatic carbocycles. The van der Waals surface area contributed by atoms with Crippen LogP contribution in [-0.4, -0.2) is 61.2 Å². The number of amides is 1. The van der Waals surface area contributed by atoms with E-state index in [9.17, 15) is 4.79 Å². The van der Waals surface area contributed by atoms with Gasteiger partial charge in [0.05, 0.1) is 26.0 Å². The molecule has 9 nitrogen and oxygen atoms in total. The van der Waals surface area contributed by atoms with E-state index in [1.54, 1.807) is 43.4 Å². The fourth-order valence-electron chi connectivity index (χ4n) is 3.80. The molecule has 4 rings (SSSR count). The summed E-state index contributed by atoms with van der Waals surface area (Å²) >= 11 is 0. The van der Waals surface area contributed by atoms with Crippen LogP contribution in [0, 0.1) is 0 Å². The molecule has 0 unspecified atom stereocenters. The van der Waals surface area contributed by atoms with Gasteiger partial charge in [-0.3, -0.25) is 4.79 Å². The Balaban J connectivity index is 1.51. The lowest BCUT2D eigenvalue weighted by molar-refractivity contribution is 0.0677. The van der Waals surface area contributed by atoms with Crippen LogP contribution in [0.1, 0.15) is 23.4 Å². The number of nitrogens with zero attached hydrogens (tertiary/aromatic N) is 4. The van der Waals surface area contributed by atoms with Gasteiger partial charge in [0.25, 0.3) is 5.91 Å². The summed E-state index contributed by atoms with van der Waals surface area (Å²) in [4.78, 5) is 25.6. The topological polar surface area (TPSA) is 107 Å². The summed E-state index contributed by atoms with van der Waals surface area (Å²) in [5, 5.41) is 0.718. The van der Waals surface area contributed by atoms with Crippen molar-refractivity contribution in [2.45, 2.75) is 18.9 Å². The summed E-state index contributed by atoms with van der Waals surface area (Å²) in [7, 11) is 4.97. The number of nitrogen functional groups attached to an aromatic ring is 1. The number of carbonyl (C=O) groups is 1. The first-order valence-corrected chi connectivity index (χ1v) is 9.76. The number of methoxy groups -OCH3 is 2. The third-order valence-electron chi connectivity index (χ3n) is 5.57. The highest BCUT2D eigenvalue weighted by molar-refractivity contribution is 5.92. The van der Waals surface area contributed by atoms with E-state index in [4.69, 9.17) is 24.6 Å². The molecule has 1 aliphatic heterocycles. The monoisotopic (exact) mass is 411 g/mol. The number of fused-ring (bicyclic) bond motifs is 1. The molecule has 30 heavy (non-hydrogen) atoms. The van der Waals surface area contributed by atoms with Gasteiger partial charge in [0.1, 0.15) is 5.82 Å². The van der Waals surface area contributed by atoms with Crippen LogP contribution in [0.15, 0.2) is 34.9 Å². The summed E-state index contributed by atoms with van der Waals surface area (Å²) in [5.41, 5.74) is 6.91. The van der Waals surface area contributed by atoms with Crippen molar-refractivity contribution in [1.82, 2.24) is 14.9 Å². The lowest BCUT2D eigenvalue weighted by atomic mass is 10.0. The molecule has 1 aromatic carbocycles. The van der Waals surface area contributed by atoms with Crippen molar-refractivity contribution >= 4 is 28.6 Å². The first-order valence-electron chi connectivity index (χ1n) is 9.76. The van der Waals surface area contributed by atoms with Crippen LogP contribution >= 0.6 is 0 Å². The van der Waals surface area contributed by atoms with Crippen molar-refractivity contribution in [2.24, 2.45) is 0 Å². The Morgan fingerprint density at radius 3 is 2.53 bits per heavy atom. The van der Waals surface area contributed by atoms with Gasteiger partial charge < -0.3 is 29.4 Å². The van der Waals surface area contributed by atoms with E-state index in [0.29, 0.717) is 34.5 Å². The highest BCUT2D eigenvalue weighted by Gasteiger charge is 2.28. The van der Waals surface area contributed by atoms with E-state index in [0.717, 1.165) is 31.3 Å². The van der Waals surface area contributed by atoms with Crippen molar-refractivity contribution in [3.63, 3.8) is 0 Å². The van der Waals surface area contributed by atoms with Gasteiger partial charge in [-0.25, -0.2) is 4.98 Å². The second kappa shape index (κ2) is 8.10. The van der Waals surface area contributed by atoms with Crippen LogP contribution in [0.5, 0.6) is 11.5 Å². The molecule has 3 aromatic rings. The lowest BCUT2D eigenvalue weighted by Crippen LogP contribution is -2.46. The SMILES string of the molecule is COc1cc2nc(N3CCC(N(C)C(=O)c4ccco4)CC3)nc(N)c2cc1OC. The van der Waals surface area contributed by atoms with Gasteiger partial charge >= 0.3 is 0 Å². The number of carbonyl (C=O) groups excluding carboxylic acids is 1. The molecule has 2 N–H and O–H groups in total. The van der Waals surface area contributed by atoms with Crippen LogP contribution in [0.3, 0.4) is 0 Å². The quantitative estimate of drug-likeness (QED) is 0.683. The molecule has 3 heterocycles. The molecule has 158 valence electrons. The van der Waals surface area contributed by atoms with Gasteiger partial charge in [0.2, 0.25) is 5.95 Å². The van der Waals surface area contributed by atoms with E-state index in [2.05, 4.69) is 9.88 Å². The average molecular weight is 411 g/mol. The average Bonchev–Trinajstić information content (AvgIpc) is 3.32. The molecule has 1 fully saturated rings. The Labute approximate surface area is 174 Å². The van der Waals surface area contributed by atoms with Crippen molar-refractivity contribution in [3.8, 4) is 11.5 Å². The zero-order valence-corrected chi connectivity index (χ0v) is 17.3. The Morgan fingerprint density at radius 1 is 1.20 bits per heavy atom. The molecule has 1 aliphatic rings. The molecule has 0 spiro atoms. The standard InChI is InChI=1S/C21H25N5O4/c1-25(20(27)16-5-4-10-30-16)13-6-8-26(9-7-13)21-23-15-12-18(29-3)17(28-2)11-14(15)19(22)24-21/h4-5,10-13H,6-9H2,1-3H3,(H2,22,23,24). The smallest absolute Gasteiger partial charge is 0.289 e. The Kier molecular flexibility index (Phi) is 5.35. The van der Waals surface area contributed by atoms with E-state index < -0.39 is 0 Å². The maximum atomic E-state index is 12.5. The summed E-state index contributed by atoms with van der Waals surface area (Å²) in [5.74, 6) is 2.39. The molecule has 1 amide bonds. The first kappa shape index (κ1) is 19.8.